The first-order valence-electron chi connectivity index (χ1n) is 6.45. The van der Waals surface area contributed by atoms with Crippen molar-refractivity contribution < 1.29 is 13.3 Å². The van der Waals surface area contributed by atoms with Crippen LogP contribution < -0.4 is 10.0 Å². The molecule has 1 aliphatic carbocycles. The Morgan fingerprint density at radius 2 is 2.20 bits per heavy atom. The van der Waals surface area contributed by atoms with Gasteiger partial charge in [-0.15, -0.1) is 0 Å². The van der Waals surface area contributed by atoms with E-state index in [-0.39, 0.29) is 9.90 Å². The van der Waals surface area contributed by atoms with Crippen molar-refractivity contribution in [2.45, 2.75) is 30.4 Å². The molecule has 7 nitrogen and oxygen atoms in total. The van der Waals surface area contributed by atoms with Gasteiger partial charge in [0.25, 0.3) is 0 Å². The molecule has 112 valence electrons. The van der Waals surface area contributed by atoms with Gasteiger partial charge in [0, 0.05) is 19.2 Å². The van der Waals surface area contributed by atoms with Crippen molar-refractivity contribution in [3.63, 3.8) is 0 Å². The molecule has 0 amide bonds. The Bertz CT molecular complexity index is 593. The van der Waals surface area contributed by atoms with Gasteiger partial charge in [-0.3, -0.25) is 10.1 Å². The van der Waals surface area contributed by atoms with Crippen LogP contribution in [0.2, 0.25) is 0 Å². The molecule has 9 heteroatoms. The van der Waals surface area contributed by atoms with Crippen molar-refractivity contribution in [1.82, 2.24) is 4.72 Å². The number of nitrogens with one attached hydrogen (secondary N) is 2. The molecule has 0 aromatic carbocycles. The Balaban J connectivity index is 2.19. The molecule has 1 aromatic heterocycles. The predicted octanol–water partition coefficient (Wildman–Crippen LogP) is 2.17. The molecule has 2 N–H and O–H groups in total. The summed E-state index contributed by atoms with van der Waals surface area (Å²) in [5.41, 5.74) is -0.185. The lowest BCUT2D eigenvalue weighted by Crippen LogP contribution is -2.25. The fourth-order valence-corrected chi connectivity index (χ4v) is 4.13. The second-order valence-electron chi connectivity index (χ2n) is 4.76. The number of hydrogen-bond donors (Lipinski definition) is 2. The van der Waals surface area contributed by atoms with E-state index in [0.29, 0.717) is 24.0 Å². The number of hydrogen-bond acceptors (Lipinski definition) is 6. The van der Waals surface area contributed by atoms with Crippen LogP contribution in [-0.4, -0.2) is 26.4 Å². The Morgan fingerprint density at radius 3 is 2.75 bits per heavy atom. The number of nitro groups is 1. The van der Waals surface area contributed by atoms with Crippen molar-refractivity contribution in [1.29, 1.82) is 0 Å². The molecule has 0 unspecified atom stereocenters. The average Bonchev–Trinajstić information content (AvgIpc) is 3.11. The Hall–Kier alpha value is -1.19. The maximum atomic E-state index is 12.1. The van der Waals surface area contributed by atoms with Gasteiger partial charge in [-0.1, -0.05) is 18.3 Å². The fraction of sp³-hybridized carbons (Fsp3) is 0.636. The molecule has 0 bridgehead atoms. The van der Waals surface area contributed by atoms with E-state index < -0.39 is 14.9 Å². The fourth-order valence-electron chi connectivity index (χ4n) is 1.61. The minimum Gasteiger partial charge on any atom is -0.371 e. The van der Waals surface area contributed by atoms with E-state index in [1.54, 1.807) is 0 Å². The second-order valence-corrected chi connectivity index (χ2v) is 7.80. The SMILES string of the molecule is CCCNc1sc(S(=O)(=O)NCC2CC2)cc1[N+](=O)[O-]. The molecule has 0 spiro atoms. The average molecular weight is 319 g/mol. The third kappa shape index (κ3) is 3.68. The van der Waals surface area contributed by atoms with Crippen LogP contribution in [0.4, 0.5) is 10.7 Å². The van der Waals surface area contributed by atoms with E-state index >= 15 is 0 Å². The molecule has 1 heterocycles. The van der Waals surface area contributed by atoms with Crippen molar-refractivity contribution in [3.05, 3.63) is 16.2 Å². The van der Waals surface area contributed by atoms with Crippen molar-refractivity contribution in [2.24, 2.45) is 5.92 Å². The zero-order valence-electron chi connectivity index (χ0n) is 11.1. The van der Waals surface area contributed by atoms with Crippen molar-refractivity contribution in [2.75, 3.05) is 18.4 Å². The highest BCUT2D eigenvalue weighted by atomic mass is 32.2. The maximum absolute atomic E-state index is 12.1. The number of nitrogens with zero attached hydrogens (tertiary/aromatic N) is 1. The maximum Gasteiger partial charge on any atom is 0.304 e. The van der Waals surface area contributed by atoms with Gasteiger partial charge < -0.3 is 5.32 Å². The highest BCUT2D eigenvalue weighted by molar-refractivity contribution is 7.91. The van der Waals surface area contributed by atoms with Gasteiger partial charge >= 0.3 is 5.69 Å². The third-order valence-corrected chi connectivity index (χ3v) is 5.93. The second kappa shape index (κ2) is 6.06. The van der Waals surface area contributed by atoms with E-state index in [1.807, 2.05) is 6.92 Å². The summed E-state index contributed by atoms with van der Waals surface area (Å²) in [6, 6.07) is 1.12. The number of sulfonamides is 1. The quantitative estimate of drug-likeness (QED) is 0.565. The molecule has 1 saturated carbocycles. The van der Waals surface area contributed by atoms with Gasteiger partial charge in [0.1, 0.15) is 4.21 Å². The third-order valence-electron chi connectivity index (χ3n) is 2.95. The molecule has 1 aliphatic rings. The van der Waals surface area contributed by atoms with E-state index in [2.05, 4.69) is 10.0 Å². The van der Waals surface area contributed by atoms with Gasteiger partial charge in [-0.2, -0.15) is 0 Å². The molecule has 0 radical (unpaired) electrons. The molecule has 20 heavy (non-hydrogen) atoms. The van der Waals surface area contributed by atoms with Gasteiger partial charge in [0.2, 0.25) is 10.0 Å². The lowest BCUT2D eigenvalue weighted by atomic mass is 10.4. The number of thiophene rings is 1. The van der Waals surface area contributed by atoms with Gasteiger partial charge in [-0.25, -0.2) is 13.1 Å². The minimum atomic E-state index is -3.65. The van der Waals surface area contributed by atoms with E-state index in [0.717, 1.165) is 36.7 Å². The molecule has 1 aromatic rings. The summed E-state index contributed by atoms with van der Waals surface area (Å²) in [6.07, 6.45) is 2.88. The molecule has 0 aliphatic heterocycles. The highest BCUT2D eigenvalue weighted by Crippen LogP contribution is 2.37. The highest BCUT2D eigenvalue weighted by Gasteiger charge is 2.28. The van der Waals surface area contributed by atoms with Gasteiger partial charge in [-0.05, 0) is 25.2 Å². The molecule has 0 saturated heterocycles. The van der Waals surface area contributed by atoms with Gasteiger partial charge in [0.15, 0.2) is 5.00 Å². The lowest BCUT2D eigenvalue weighted by molar-refractivity contribution is -0.383. The summed E-state index contributed by atoms with van der Waals surface area (Å²) >= 11 is 0.904. The largest absolute Gasteiger partial charge is 0.371 e. The van der Waals surface area contributed by atoms with Crippen LogP contribution in [0, 0.1) is 16.0 Å². The first kappa shape index (κ1) is 15.2. The number of rotatable bonds is 8. The predicted molar refractivity (Wildman–Crippen MR) is 77.7 cm³/mol. The molecule has 0 atom stereocenters. The molecule has 2 rings (SSSR count). The summed E-state index contributed by atoms with van der Waals surface area (Å²) in [5, 5.41) is 14.2. The number of anilines is 1. The molecular weight excluding hydrogens is 302 g/mol. The van der Waals surface area contributed by atoms with Crippen molar-refractivity contribution >= 4 is 32.0 Å². The minimum absolute atomic E-state index is 0.0107. The lowest BCUT2D eigenvalue weighted by Gasteiger charge is -2.02. The van der Waals surface area contributed by atoms with Crippen molar-refractivity contribution in [3.8, 4) is 0 Å². The first-order valence-corrected chi connectivity index (χ1v) is 8.75. The van der Waals surface area contributed by atoms with E-state index in [1.165, 1.54) is 0 Å². The van der Waals surface area contributed by atoms with Crippen LogP contribution >= 0.6 is 11.3 Å². The summed E-state index contributed by atoms with van der Waals surface area (Å²) in [4.78, 5) is 10.4. The van der Waals surface area contributed by atoms with Crippen LogP contribution in [-0.2, 0) is 10.0 Å². The molecule has 1 fully saturated rings. The monoisotopic (exact) mass is 319 g/mol. The Kier molecular flexibility index (Phi) is 4.61. The summed E-state index contributed by atoms with van der Waals surface area (Å²) < 4.78 is 26.6. The van der Waals surface area contributed by atoms with E-state index in [4.69, 9.17) is 0 Å². The van der Waals surface area contributed by atoms with Crippen LogP contribution in [0.25, 0.3) is 0 Å². The van der Waals surface area contributed by atoms with Gasteiger partial charge in [0.05, 0.1) is 4.92 Å². The summed E-state index contributed by atoms with van der Waals surface area (Å²) in [5.74, 6) is 0.414. The normalized spacial score (nSPS) is 15.2. The summed E-state index contributed by atoms with van der Waals surface area (Å²) in [6.45, 7) is 2.91. The first-order chi connectivity index (χ1) is 9.44. The van der Waals surface area contributed by atoms with Crippen LogP contribution in [0.3, 0.4) is 0 Å². The van der Waals surface area contributed by atoms with Crippen LogP contribution in [0.1, 0.15) is 26.2 Å². The standard InChI is InChI=1S/C11H17N3O4S2/c1-2-5-12-11-9(14(15)16)6-10(19-11)20(17,18)13-7-8-3-4-8/h6,8,12-13H,2-5,7H2,1H3. The smallest absolute Gasteiger partial charge is 0.304 e. The Morgan fingerprint density at radius 1 is 1.50 bits per heavy atom. The van der Waals surface area contributed by atoms with Crippen LogP contribution in [0.15, 0.2) is 10.3 Å². The van der Waals surface area contributed by atoms with Crippen LogP contribution in [0.5, 0.6) is 0 Å². The topological polar surface area (TPSA) is 101 Å². The Labute approximate surface area is 121 Å². The zero-order chi connectivity index (χ0) is 14.8. The zero-order valence-corrected chi connectivity index (χ0v) is 12.7. The van der Waals surface area contributed by atoms with E-state index in [9.17, 15) is 18.5 Å². The summed E-state index contributed by atoms with van der Waals surface area (Å²) in [7, 11) is -3.65. The molecular formula is C11H17N3O4S2.